The Morgan fingerprint density at radius 3 is 2.92 bits per heavy atom. The van der Waals surface area contributed by atoms with Gasteiger partial charge in [0.15, 0.2) is 0 Å². The normalized spacial score (nSPS) is 12.8. The van der Waals surface area contributed by atoms with Crippen LogP contribution in [0.4, 0.5) is 5.88 Å². The fourth-order valence-electron chi connectivity index (χ4n) is 0.932. The molecule has 1 atom stereocenters. The molecule has 1 heterocycles. The van der Waals surface area contributed by atoms with Crippen molar-refractivity contribution >= 4 is 5.88 Å². The van der Waals surface area contributed by atoms with Gasteiger partial charge in [-0.3, -0.25) is 10.1 Å². The molecule has 0 saturated carbocycles. The van der Waals surface area contributed by atoms with Gasteiger partial charge in [-0.25, -0.2) is 5.90 Å². The molecule has 0 aliphatic carbocycles. The van der Waals surface area contributed by atoms with E-state index < -0.39 is 4.92 Å². The van der Waals surface area contributed by atoms with Crippen LogP contribution in [0.3, 0.4) is 0 Å². The van der Waals surface area contributed by atoms with Crippen LogP contribution >= 0.6 is 0 Å². The summed E-state index contributed by atoms with van der Waals surface area (Å²) >= 11 is 0. The lowest BCUT2D eigenvalue weighted by atomic mass is 10.1. The molecule has 1 unspecified atom stereocenters. The Labute approximate surface area is 74.4 Å². The molecule has 0 spiro atoms. The van der Waals surface area contributed by atoms with Crippen LogP contribution in [-0.4, -0.2) is 11.5 Å². The van der Waals surface area contributed by atoms with Crippen LogP contribution in [0.2, 0.25) is 0 Å². The Morgan fingerprint density at radius 2 is 2.46 bits per heavy atom. The highest BCUT2D eigenvalue weighted by molar-refractivity contribution is 5.19. The largest absolute Gasteiger partial charge is 0.433 e. The molecule has 0 aromatic carbocycles. The molecule has 0 aliphatic heterocycles. The van der Waals surface area contributed by atoms with Gasteiger partial charge in [-0.1, -0.05) is 6.92 Å². The maximum absolute atomic E-state index is 10.3. The summed E-state index contributed by atoms with van der Waals surface area (Å²) in [6.07, 6.45) is 0. The summed E-state index contributed by atoms with van der Waals surface area (Å²) in [4.78, 5) is 14.1. The molecule has 2 N–H and O–H groups in total. The zero-order chi connectivity index (χ0) is 9.84. The summed E-state index contributed by atoms with van der Waals surface area (Å²) in [5.41, 5.74) is 0. The Bertz CT molecular complexity index is 296. The highest BCUT2D eigenvalue weighted by atomic mass is 16.6. The number of nitrogens with zero attached hydrogens (tertiary/aromatic N) is 1. The zero-order valence-corrected chi connectivity index (χ0v) is 7.10. The monoisotopic (exact) mass is 186 g/mol. The van der Waals surface area contributed by atoms with Gasteiger partial charge < -0.3 is 9.25 Å². The van der Waals surface area contributed by atoms with Crippen LogP contribution in [0.5, 0.6) is 0 Å². The average molecular weight is 186 g/mol. The van der Waals surface area contributed by atoms with Gasteiger partial charge >= 0.3 is 5.88 Å². The molecule has 13 heavy (non-hydrogen) atoms. The molecule has 0 bridgehead atoms. The van der Waals surface area contributed by atoms with Crippen molar-refractivity contribution in [1.29, 1.82) is 0 Å². The fraction of sp³-hybridized carbons (Fsp3) is 0.429. The lowest BCUT2D eigenvalue weighted by molar-refractivity contribution is -0.402. The minimum absolute atomic E-state index is 0.0845. The van der Waals surface area contributed by atoms with Gasteiger partial charge in [0.25, 0.3) is 0 Å². The van der Waals surface area contributed by atoms with Crippen LogP contribution in [0.25, 0.3) is 0 Å². The predicted molar refractivity (Wildman–Crippen MR) is 43.9 cm³/mol. The molecular weight excluding hydrogens is 176 g/mol. The Kier molecular flexibility index (Phi) is 2.99. The van der Waals surface area contributed by atoms with E-state index in [-0.39, 0.29) is 18.4 Å². The minimum Gasteiger partial charge on any atom is -0.405 e. The summed E-state index contributed by atoms with van der Waals surface area (Å²) < 4.78 is 4.92. The van der Waals surface area contributed by atoms with E-state index in [0.29, 0.717) is 5.76 Å². The molecule has 1 aromatic heterocycles. The van der Waals surface area contributed by atoms with Crippen LogP contribution < -0.4 is 5.90 Å². The van der Waals surface area contributed by atoms with Crippen molar-refractivity contribution in [3.05, 3.63) is 28.0 Å². The van der Waals surface area contributed by atoms with Crippen molar-refractivity contribution in [1.82, 2.24) is 0 Å². The quantitative estimate of drug-likeness (QED) is 0.563. The van der Waals surface area contributed by atoms with Crippen molar-refractivity contribution in [3.63, 3.8) is 0 Å². The number of furan rings is 1. The number of nitro groups is 1. The lowest BCUT2D eigenvalue weighted by Gasteiger charge is -2.03. The molecule has 0 fully saturated rings. The smallest absolute Gasteiger partial charge is 0.405 e. The molecule has 0 amide bonds. The third-order valence-electron chi connectivity index (χ3n) is 1.62. The molecule has 6 heteroatoms. The first-order valence-electron chi connectivity index (χ1n) is 3.71. The van der Waals surface area contributed by atoms with Crippen molar-refractivity contribution in [2.45, 2.75) is 12.8 Å². The maximum atomic E-state index is 10.3. The second-order valence-corrected chi connectivity index (χ2v) is 2.67. The summed E-state index contributed by atoms with van der Waals surface area (Å²) in [7, 11) is 0. The van der Waals surface area contributed by atoms with Gasteiger partial charge in [-0.2, -0.15) is 0 Å². The highest BCUT2D eigenvalue weighted by Gasteiger charge is 2.16. The van der Waals surface area contributed by atoms with E-state index in [2.05, 4.69) is 4.84 Å². The van der Waals surface area contributed by atoms with Gasteiger partial charge in [0.05, 0.1) is 12.7 Å². The summed E-state index contributed by atoms with van der Waals surface area (Å²) in [6, 6.07) is 2.85. The van der Waals surface area contributed by atoms with E-state index in [0.717, 1.165) is 0 Å². The average Bonchev–Trinajstić information content (AvgIpc) is 2.52. The summed E-state index contributed by atoms with van der Waals surface area (Å²) in [5.74, 6) is 5.01. The minimum atomic E-state index is -0.584. The molecule has 72 valence electrons. The van der Waals surface area contributed by atoms with E-state index >= 15 is 0 Å². The first-order valence-corrected chi connectivity index (χ1v) is 3.71. The van der Waals surface area contributed by atoms with Crippen molar-refractivity contribution in [2.75, 3.05) is 6.61 Å². The molecule has 0 aliphatic rings. The predicted octanol–water partition coefficient (Wildman–Crippen LogP) is 1.18. The van der Waals surface area contributed by atoms with E-state index in [4.69, 9.17) is 10.3 Å². The first-order chi connectivity index (χ1) is 6.15. The second kappa shape index (κ2) is 4.01. The number of hydrogen-bond acceptors (Lipinski definition) is 5. The third kappa shape index (κ3) is 2.27. The summed E-state index contributed by atoms with van der Waals surface area (Å²) in [5, 5.41) is 10.3. The lowest BCUT2D eigenvalue weighted by Crippen LogP contribution is -2.07. The van der Waals surface area contributed by atoms with Crippen LogP contribution in [0.15, 0.2) is 16.5 Å². The first kappa shape index (κ1) is 9.69. The van der Waals surface area contributed by atoms with E-state index in [1.807, 2.05) is 0 Å². The van der Waals surface area contributed by atoms with Crippen LogP contribution in [0.1, 0.15) is 18.6 Å². The Morgan fingerprint density at radius 1 is 1.77 bits per heavy atom. The highest BCUT2D eigenvalue weighted by Crippen LogP contribution is 2.22. The Hall–Kier alpha value is -1.40. The molecule has 1 aromatic rings. The van der Waals surface area contributed by atoms with Crippen LogP contribution in [-0.2, 0) is 4.84 Å². The molecule has 0 radical (unpaired) electrons. The van der Waals surface area contributed by atoms with Crippen LogP contribution in [0, 0.1) is 10.1 Å². The number of rotatable bonds is 4. The second-order valence-electron chi connectivity index (χ2n) is 2.67. The maximum Gasteiger partial charge on any atom is 0.433 e. The molecule has 0 saturated heterocycles. The topological polar surface area (TPSA) is 91.5 Å². The fourth-order valence-corrected chi connectivity index (χ4v) is 0.932. The van der Waals surface area contributed by atoms with E-state index in [1.165, 1.54) is 6.07 Å². The van der Waals surface area contributed by atoms with Crippen molar-refractivity contribution in [3.8, 4) is 0 Å². The molecule has 1 rings (SSSR count). The third-order valence-corrected chi connectivity index (χ3v) is 1.62. The molecule has 6 nitrogen and oxygen atoms in total. The SMILES string of the molecule is CC(CON)c1ccc([N+](=O)[O-])o1. The number of nitrogens with two attached hydrogens (primary N) is 1. The van der Waals surface area contributed by atoms with Gasteiger partial charge in [-0.15, -0.1) is 0 Å². The standard InChI is InChI=1S/C7H10N2O4/c1-5(4-12-8)6-2-3-7(13-6)9(10)11/h2-3,5H,4,8H2,1H3. The van der Waals surface area contributed by atoms with E-state index in [1.54, 1.807) is 13.0 Å². The van der Waals surface area contributed by atoms with Gasteiger partial charge in [-0.05, 0) is 6.07 Å². The number of hydrogen-bond donors (Lipinski definition) is 1. The van der Waals surface area contributed by atoms with Crippen molar-refractivity contribution in [2.24, 2.45) is 5.90 Å². The van der Waals surface area contributed by atoms with Gasteiger partial charge in [0, 0.05) is 5.92 Å². The van der Waals surface area contributed by atoms with Crippen molar-refractivity contribution < 1.29 is 14.2 Å². The molecular formula is C7H10N2O4. The van der Waals surface area contributed by atoms with E-state index in [9.17, 15) is 10.1 Å². The van der Waals surface area contributed by atoms with Gasteiger partial charge in [0.2, 0.25) is 0 Å². The summed E-state index contributed by atoms with van der Waals surface area (Å²) in [6.45, 7) is 2.07. The van der Waals surface area contributed by atoms with Gasteiger partial charge in [0.1, 0.15) is 10.7 Å². The zero-order valence-electron chi connectivity index (χ0n) is 7.10. The Balaban J connectivity index is 2.73.